The number of hydrogen-bond acceptors (Lipinski definition) is 7. The first-order valence-electron chi connectivity index (χ1n) is 9.66. The van der Waals surface area contributed by atoms with Crippen LogP contribution in [0.3, 0.4) is 0 Å². The van der Waals surface area contributed by atoms with Crippen molar-refractivity contribution in [3.05, 3.63) is 45.1 Å². The molecule has 4 rings (SSSR count). The summed E-state index contributed by atoms with van der Waals surface area (Å²) in [6, 6.07) is 3.40. The molecule has 9 heteroatoms. The van der Waals surface area contributed by atoms with Crippen LogP contribution in [0.4, 0.5) is 0 Å². The number of rotatable bonds is 6. The zero-order valence-corrected chi connectivity index (χ0v) is 17.6. The zero-order chi connectivity index (χ0) is 21.5. The Hall–Kier alpha value is -2.91. The number of piperidine rings is 1. The number of amides is 2. The highest BCUT2D eigenvalue weighted by atomic mass is 32.1. The summed E-state index contributed by atoms with van der Waals surface area (Å²) >= 11 is 1.47. The Morgan fingerprint density at radius 1 is 1.43 bits per heavy atom. The number of furan rings is 1. The molecule has 0 saturated carbocycles. The molecule has 30 heavy (non-hydrogen) atoms. The fourth-order valence-corrected chi connectivity index (χ4v) is 4.82. The number of aromatic nitrogens is 1. The molecule has 2 amide bonds. The monoisotopic (exact) mass is 429 g/mol. The van der Waals surface area contributed by atoms with Gasteiger partial charge < -0.3 is 25.3 Å². The number of hydrogen-bond donors (Lipinski definition) is 3. The smallest absolute Gasteiger partial charge is 0.252 e. The minimum atomic E-state index is -1.27. The fraction of sp³-hybridized carbons (Fsp3) is 0.381. The van der Waals surface area contributed by atoms with Crippen molar-refractivity contribution < 1.29 is 23.8 Å². The lowest BCUT2D eigenvalue weighted by atomic mass is 9.72. The first kappa shape index (κ1) is 20.4. The van der Waals surface area contributed by atoms with Gasteiger partial charge in [0.25, 0.3) is 5.91 Å². The van der Waals surface area contributed by atoms with Crippen molar-refractivity contribution in [1.29, 1.82) is 0 Å². The molecule has 8 nitrogen and oxygen atoms in total. The third kappa shape index (κ3) is 3.14. The van der Waals surface area contributed by atoms with Crippen LogP contribution in [0.15, 0.2) is 22.1 Å². The fourth-order valence-electron chi connectivity index (χ4n) is 4.13. The van der Waals surface area contributed by atoms with Crippen molar-refractivity contribution in [2.75, 3.05) is 13.2 Å². The normalized spacial score (nSPS) is 19.1. The van der Waals surface area contributed by atoms with Gasteiger partial charge in [-0.15, -0.1) is 11.3 Å². The van der Waals surface area contributed by atoms with E-state index in [2.05, 4.69) is 10.3 Å². The van der Waals surface area contributed by atoms with Crippen molar-refractivity contribution in [1.82, 2.24) is 10.3 Å². The summed E-state index contributed by atoms with van der Waals surface area (Å²) < 4.78 is 11.9. The van der Waals surface area contributed by atoms with Crippen LogP contribution >= 0.6 is 11.3 Å². The van der Waals surface area contributed by atoms with E-state index < -0.39 is 17.9 Å². The van der Waals surface area contributed by atoms with E-state index >= 15 is 0 Å². The van der Waals surface area contributed by atoms with Crippen LogP contribution in [0.2, 0.25) is 0 Å². The molecule has 3 aromatic rings. The number of nitrogens with one attached hydrogen (secondary N) is 1. The number of aliphatic hydroxyl groups excluding tert-OH is 1. The molecule has 1 aliphatic rings. The average molecular weight is 429 g/mol. The van der Waals surface area contributed by atoms with E-state index in [0.29, 0.717) is 47.4 Å². The summed E-state index contributed by atoms with van der Waals surface area (Å²) in [4.78, 5) is 30.5. The Morgan fingerprint density at radius 2 is 2.23 bits per heavy atom. The molecule has 0 radical (unpaired) electrons. The van der Waals surface area contributed by atoms with Gasteiger partial charge >= 0.3 is 0 Å². The number of carbonyl (C=O) groups is 2. The first-order chi connectivity index (χ1) is 14.4. The lowest BCUT2D eigenvalue weighted by molar-refractivity contribution is -0.130. The zero-order valence-electron chi connectivity index (χ0n) is 16.8. The largest absolute Gasteiger partial charge is 0.488 e. The highest BCUT2D eigenvalue weighted by Gasteiger charge is 2.46. The van der Waals surface area contributed by atoms with Crippen LogP contribution in [0.25, 0.3) is 11.0 Å². The van der Waals surface area contributed by atoms with E-state index in [1.54, 1.807) is 24.6 Å². The van der Waals surface area contributed by atoms with Crippen LogP contribution in [0.5, 0.6) is 5.75 Å². The Kier molecular flexibility index (Phi) is 5.25. The van der Waals surface area contributed by atoms with Crippen molar-refractivity contribution >= 4 is 34.1 Å². The maximum Gasteiger partial charge on any atom is 0.252 e. The topological polar surface area (TPSA) is 128 Å². The summed E-state index contributed by atoms with van der Waals surface area (Å²) in [6.45, 7) is 3.89. The number of fused-ring (bicyclic) bond motifs is 1. The molecular weight excluding hydrogens is 406 g/mol. The number of aryl methyl sites for hydroxylation is 2. The maximum absolute atomic E-state index is 13.0. The van der Waals surface area contributed by atoms with Gasteiger partial charge in [-0.05, 0) is 38.8 Å². The second kappa shape index (κ2) is 7.73. The number of nitrogens with two attached hydrogens (primary N) is 1. The number of aliphatic hydroxyl groups is 1. The van der Waals surface area contributed by atoms with Gasteiger partial charge in [0.15, 0.2) is 0 Å². The van der Waals surface area contributed by atoms with Gasteiger partial charge in [-0.2, -0.15) is 0 Å². The predicted molar refractivity (Wildman–Crippen MR) is 112 cm³/mol. The summed E-state index contributed by atoms with van der Waals surface area (Å²) in [5.41, 5.74) is 8.05. The first-order valence-corrected chi connectivity index (χ1v) is 10.5. The Labute approximate surface area is 177 Å². The molecule has 1 aliphatic heterocycles. The quantitative estimate of drug-likeness (QED) is 0.552. The lowest BCUT2D eigenvalue weighted by Crippen LogP contribution is -2.51. The van der Waals surface area contributed by atoms with Gasteiger partial charge in [-0.25, -0.2) is 4.98 Å². The van der Waals surface area contributed by atoms with Gasteiger partial charge in [-0.3, -0.25) is 9.59 Å². The maximum atomic E-state index is 13.0. The minimum absolute atomic E-state index is 0.200. The number of nitrogens with zero attached hydrogens (tertiary/aromatic N) is 1. The number of thiazole rings is 1. The van der Waals surface area contributed by atoms with Crippen LogP contribution < -0.4 is 15.8 Å². The van der Waals surface area contributed by atoms with E-state index in [1.165, 1.54) is 11.3 Å². The minimum Gasteiger partial charge on any atom is -0.488 e. The van der Waals surface area contributed by atoms with Gasteiger partial charge in [0.2, 0.25) is 5.91 Å². The highest BCUT2D eigenvalue weighted by Crippen LogP contribution is 2.45. The van der Waals surface area contributed by atoms with Crippen molar-refractivity contribution in [2.45, 2.75) is 38.7 Å². The number of ether oxygens (including phenoxy) is 1. The van der Waals surface area contributed by atoms with Gasteiger partial charge in [-0.1, -0.05) is 0 Å². The standard InChI is InChI=1S/C21H23N3O5S/c1-11-15(30-10-24-11)8-28-14-5-4-13-17(16(19(22)26)12(2)29-13)18(14)21(9-25)6-3-7-23-20(21)27/h4-5,10,25H,3,6-9H2,1-2H3,(H2,22,26)(H,23,27). The van der Waals surface area contributed by atoms with Crippen LogP contribution in [0, 0.1) is 13.8 Å². The van der Waals surface area contributed by atoms with Gasteiger partial charge in [0.05, 0.1) is 28.3 Å². The van der Waals surface area contributed by atoms with E-state index in [4.69, 9.17) is 14.9 Å². The average Bonchev–Trinajstić information content (AvgIpc) is 3.28. The molecule has 1 saturated heterocycles. The molecule has 1 atom stereocenters. The summed E-state index contributed by atoms with van der Waals surface area (Å²) in [6.07, 6.45) is 1.09. The van der Waals surface area contributed by atoms with E-state index in [1.807, 2.05) is 6.92 Å². The SMILES string of the molecule is Cc1ncsc1COc1ccc2oc(C)c(C(N)=O)c2c1C1(CO)CCCNC1=O. The predicted octanol–water partition coefficient (Wildman–Crippen LogP) is 2.32. The molecular formula is C21H23N3O5S. The van der Waals surface area contributed by atoms with Crippen LogP contribution in [-0.2, 0) is 16.8 Å². The molecule has 0 aliphatic carbocycles. The molecule has 1 aromatic carbocycles. The molecule has 4 N–H and O–H groups in total. The Morgan fingerprint density at radius 3 is 2.87 bits per heavy atom. The third-order valence-corrected chi connectivity index (χ3v) is 6.60. The highest BCUT2D eigenvalue weighted by molar-refractivity contribution is 7.09. The summed E-state index contributed by atoms with van der Waals surface area (Å²) in [5.74, 6) is -0.202. The Balaban J connectivity index is 1.96. The van der Waals surface area contributed by atoms with Crippen molar-refractivity contribution in [2.24, 2.45) is 5.73 Å². The third-order valence-electron chi connectivity index (χ3n) is 5.69. The van der Waals surface area contributed by atoms with E-state index in [0.717, 1.165) is 10.6 Å². The molecule has 1 unspecified atom stereocenters. The van der Waals surface area contributed by atoms with Crippen LogP contribution in [-0.4, -0.2) is 35.1 Å². The number of benzene rings is 1. The molecule has 2 aromatic heterocycles. The summed E-state index contributed by atoms with van der Waals surface area (Å²) in [7, 11) is 0. The van der Waals surface area contributed by atoms with E-state index in [9.17, 15) is 14.7 Å². The number of carbonyl (C=O) groups excluding carboxylic acids is 2. The van der Waals surface area contributed by atoms with Gasteiger partial charge in [0.1, 0.15) is 29.1 Å². The van der Waals surface area contributed by atoms with Gasteiger partial charge in [0, 0.05) is 17.5 Å². The molecule has 0 bridgehead atoms. The van der Waals surface area contributed by atoms with Crippen LogP contribution in [0.1, 0.15) is 45.1 Å². The summed E-state index contributed by atoms with van der Waals surface area (Å²) in [5, 5.41) is 13.7. The molecule has 3 heterocycles. The number of primary amides is 1. The molecule has 0 spiro atoms. The van der Waals surface area contributed by atoms with Crippen molar-refractivity contribution in [3.63, 3.8) is 0 Å². The second-order valence-corrected chi connectivity index (χ2v) is 8.40. The second-order valence-electron chi connectivity index (χ2n) is 7.46. The van der Waals surface area contributed by atoms with E-state index in [-0.39, 0.29) is 18.1 Å². The molecule has 1 fully saturated rings. The van der Waals surface area contributed by atoms with Crippen molar-refractivity contribution in [3.8, 4) is 5.75 Å². The Bertz CT molecular complexity index is 1140. The lowest BCUT2D eigenvalue weighted by Gasteiger charge is -2.36. The molecule has 158 valence electrons.